The molecule has 1 amide bonds. The number of amides is 1. The molecule has 0 saturated heterocycles. The molecule has 0 fully saturated rings. The first kappa shape index (κ1) is 14.6. The van der Waals surface area contributed by atoms with Crippen molar-refractivity contribution in [3.63, 3.8) is 0 Å². The van der Waals surface area contributed by atoms with Gasteiger partial charge in [-0.3, -0.25) is 0 Å². The van der Waals surface area contributed by atoms with Gasteiger partial charge in [0, 0.05) is 18.0 Å². The number of nitrogens with one attached hydrogen (secondary N) is 1. The third-order valence-corrected chi connectivity index (χ3v) is 4.09. The number of carbonyl (C=O) groups excluding carboxylic acids is 1. The minimum absolute atomic E-state index is 0.0306. The van der Waals surface area contributed by atoms with E-state index in [9.17, 15) is 4.79 Å². The van der Waals surface area contributed by atoms with Gasteiger partial charge >= 0.3 is 6.09 Å². The molecule has 1 heterocycles. The van der Waals surface area contributed by atoms with Crippen molar-refractivity contribution >= 4 is 17.4 Å². The fourth-order valence-corrected chi connectivity index (χ4v) is 2.74. The highest BCUT2D eigenvalue weighted by Gasteiger charge is 2.10. The van der Waals surface area contributed by atoms with E-state index in [1.807, 2.05) is 31.2 Å². The Kier molecular flexibility index (Phi) is 4.76. The molecule has 1 atom stereocenters. The van der Waals surface area contributed by atoms with Crippen LogP contribution in [0.1, 0.15) is 23.4 Å². The van der Waals surface area contributed by atoms with E-state index in [-0.39, 0.29) is 12.6 Å². The molecule has 0 radical (unpaired) electrons. The van der Waals surface area contributed by atoms with Gasteiger partial charge in [-0.2, -0.15) is 0 Å². The summed E-state index contributed by atoms with van der Waals surface area (Å²) in [5.41, 5.74) is 9.05. The summed E-state index contributed by atoms with van der Waals surface area (Å²) >= 11 is 1.64. The minimum atomic E-state index is -0.429. The average Bonchev–Trinajstić information content (AvgIpc) is 2.95. The first-order valence-electron chi connectivity index (χ1n) is 6.38. The lowest BCUT2D eigenvalue weighted by Gasteiger charge is -2.09. The lowest BCUT2D eigenvalue weighted by Crippen LogP contribution is -2.19. The standard InChI is InChI=1S/C15H18N2O2S/c1-10(16)14-7-12(9-20-14)13-6-4-3-5-11(13)8-19-15(18)17-2/h3-7,9-10H,8,16H2,1-2H3,(H,17,18)/t10-/m0/s1. The molecule has 2 aromatic rings. The molecule has 0 bridgehead atoms. The lowest BCUT2D eigenvalue weighted by atomic mass is 10.0. The second-order valence-electron chi connectivity index (χ2n) is 4.51. The maximum atomic E-state index is 11.2. The van der Waals surface area contributed by atoms with Gasteiger partial charge in [0.05, 0.1) is 0 Å². The van der Waals surface area contributed by atoms with E-state index < -0.39 is 6.09 Å². The summed E-state index contributed by atoms with van der Waals surface area (Å²) in [6.07, 6.45) is -0.429. The van der Waals surface area contributed by atoms with Crippen molar-refractivity contribution in [1.29, 1.82) is 0 Å². The van der Waals surface area contributed by atoms with E-state index in [0.29, 0.717) is 0 Å². The molecular weight excluding hydrogens is 272 g/mol. The Balaban J connectivity index is 2.24. The van der Waals surface area contributed by atoms with Crippen LogP contribution >= 0.6 is 11.3 Å². The van der Waals surface area contributed by atoms with E-state index in [1.54, 1.807) is 18.4 Å². The van der Waals surface area contributed by atoms with Crippen LogP contribution in [0.4, 0.5) is 4.79 Å². The van der Waals surface area contributed by atoms with E-state index >= 15 is 0 Å². The van der Waals surface area contributed by atoms with Crippen LogP contribution in [0.15, 0.2) is 35.7 Å². The molecule has 0 unspecified atom stereocenters. The predicted octanol–water partition coefficient (Wildman–Crippen LogP) is 3.29. The SMILES string of the molecule is CNC(=O)OCc1ccccc1-c1csc([C@H](C)N)c1. The van der Waals surface area contributed by atoms with Gasteiger partial charge in [0.1, 0.15) is 6.61 Å². The Bertz CT molecular complexity index is 593. The maximum absolute atomic E-state index is 11.2. The molecule has 106 valence electrons. The number of alkyl carbamates (subject to hydrolysis) is 1. The second-order valence-corrected chi connectivity index (χ2v) is 5.45. The highest BCUT2D eigenvalue weighted by Crippen LogP contribution is 2.31. The summed E-state index contributed by atoms with van der Waals surface area (Å²) in [6, 6.07) is 10.0. The average molecular weight is 290 g/mol. The fraction of sp³-hybridized carbons (Fsp3) is 0.267. The Morgan fingerprint density at radius 2 is 2.20 bits per heavy atom. The molecule has 5 heteroatoms. The first-order chi connectivity index (χ1) is 9.61. The largest absolute Gasteiger partial charge is 0.445 e. The zero-order valence-electron chi connectivity index (χ0n) is 11.6. The molecular formula is C15H18N2O2S. The molecule has 0 aliphatic rings. The van der Waals surface area contributed by atoms with Gasteiger partial charge in [-0.1, -0.05) is 24.3 Å². The topological polar surface area (TPSA) is 64.3 Å². The van der Waals surface area contributed by atoms with Crippen molar-refractivity contribution in [2.45, 2.75) is 19.6 Å². The Morgan fingerprint density at radius 1 is 1.45 bits per heavy atom. The van der Waals surface area contributed by atoms with Crippen LogP contribution in [0.2, 0.25) is 0 Å². The number of rotatable bonds is 4. The van der Waals surface area contributed by atoms with Crippen LogP contribution < -0.4 is 11.1 Å². The lowest BCUT2D eigenvalue weighted by molar-refractivity contribution is 0.142. The highest BCUT2D eigenvalue weighted by atomic mass is 32.1. The fourth-order valence-electron chi connectivity index (χ4n) is 1.88. The van der Waals surface area contributed by atoms with Crippen LogP contribution in [0.3, 0.4) is 0 Å². The molecule has 0 aliphatic carbocycles. The summed E-state index contributed by atoms with van der Waals surface area (Å²) in [6.45, 7) is 2.22. The van der Waals surface area contributed by atoms with Gasteiger partial charge in [-0.05, 0) is 35.1 Å². The Labute approximate surface area is 122 Å². The van der Waals surface area contributed by atoms with Gasteiger partial charge in [0.15, 0.2) is 0 Å². The van der Waals surface area contributed by atoms with Crippen molar-refractivity contribution in [2.24, 2.45) is 5.73 Å². The third-order valence-electron chi connectivity index (χ3n) is 2.96. The number of benzene rings is 1. The summed E-state index contributed by atoms with van der Waals surface area (Å²) < 4.78 is 5.12. The minimum Gasteiger partial charge on any atom is -0.445 e. The molecule has 20 heavy (non-hydrogen) atoms. The van der Waals surface area contributed by atoms with Gasteiger partial charge in [-0.15, -0.1) is 11.3 Å². The second kappa shape index (κ2) is 6.54. The number of carbonyl (C=O) groups is 1. The van der Waals surface area contributed by atoms with Crippen molar-refractivity contribution in [1.82, 2.24) is 5.32 Å². The molecule has 1 aromatic carbocycles. The predicted molar refractivity (Wildman–Crippen MR) is 81.6 cm³/mol. The molecule has 0 saturated carbocycles. The Morgan fingerprint density at radius 3 is 2.85 bits per heavy atom. The summed E-state index contributed by atoms with van der Waals surface area (Å²) in [5.74, 6) is 0. The number of ether oxygens (including phenoxy) is 1. The van der Waals surface area contributed by atoms with Crippen molar-refractivity contribution in [3.8, 4) is 11.1 Å². The number of nitrogens with two attached hydrogens (primary N) is 1. The summed E-state index contributed by atoms with van der Waals surface area (Å²) in [4.78, 5) is 12.3. The Hall–Kier alpha value is -1.85. The van der Waals surface area contributed by atoms with Crippen molar-refractivity contribution in [3.05, 3.63) is 46.2 Å². The summed E-state index contributed by atoms with van der Waals surface area (Å²) in [7, 11) is 1.54. The molecule has 1 aromatic heterocycles. The van der Waals surface area contributed by atoms with E-state index in [2.05, 4.69) is 16.8 Å². The highest BCUT2D eigenvalue weighted by molar-refractivity contribution is 7.10. The molecule has 0 aliphatic heterocycles. The van der Waals surface area contributed by atoms with Gasteiger partial charge in [-0.25, -0.2) is 4.79 Å². The number of thiophene rings is 1. The van der Waals surface area contributed by atoms with Crippen molar-refractivity contribution < 1.29 is 9.53 Å². The molecule has 2 rings (SSSR count). The molecule has 4 nitrogen and oxygen atoms in total. The number of hydrogen-bond acceptors (Lipinski definition) is 4. The quantitative estimate of drug-likeness (QED) is 0.908. The van der Waals surface area contributed by atoms with Crippen LogP contribution in [-0.4, -0.2) is 13.1 Å². The van der Waals surface area contributed by atoms with E-state index in [0.717, 1.165) is 21.6 Å². The maximum Gasteiger partial charge on any atom is 0.407 e. The third kappa shape index (κ3) is 3.37. The monoisotopic (exact) mass is 290 g/mol. The van der Waals surface area contributed by atoms with Crippen molar-refractivity contribution in [2.75, 3.05) is 7.05 Å². The molecule has 3 N–H and O–H groups in total. The van der Waals surface area contributed by atoms with Crippen LogP contribution in [0, 0.1) is 0 Å². The van der Waals surface area contributed by atoms with E-state index in [1.165, 1.54) is 0 Å². The van der Waals surface area contributed by atoms with Crippen LogP contribution in [-0.2, 0) is 11.3 Å². The molecule has 0 spiro atoms. The van der Waals surface area contributed by atoms with Crippen LogP contribution in [0.25, 0.3) is 11.1 Å². The smallest absolute Gasteiger partial charge is 0.407 e. The number of hydrogen-bond donors (Lipinski definition) is 2. The van der Waals surface area contributed by atoms with E-state index in [4.69, 9.17) is 10.5 Å². The zero-order valence-corrected chi connectivity index (χ0v) is 12.4. The van der Waals surface area contributed by atoms with Gasteiger partial charge in [0.25, 0.3) is 0 Å². The normalized spacial score (nSPS) is 11.9. The first-order valence-corrected chi connectivity index (χ1v) is 7.26. The zero-order chi connectivity index (χ0) is 14.5. The van der Waals surface area contributed by atoms with Gasteiger partial charge in [0.2, 0.25) is 0 Å². The van der Waals surface area contributed by atoms with Crippen LogP contribution in [0.5, 0.6) is 0 Å². The van der Waals surface area contributed by atoms with Gasteiger partial charge < -0.3 is 15.8 Å². The summed E-state index contributed by atoms with van der Waals surface area (Å²) in [5, 5.41) is 4.52.